The Hall–Kier alpha value is -1.32. The molecular weight excluding hydrogens is 291 g/mol. The number of nitrogens with one attached hydrogen (secondary N) is 1. The van der Waals surface area contributed by atoms with Gasteiger partial charge < -0.3 is 5.32 Å². The predicted molar refractivity (Wildman–Crippen MR) is 74.9 cm³/mol. The van der Waals surface area contributed by atoms with E-state index in [2.05, 4.69) is 5.32 Å². The summed E-state index contributed by atoms with van der Waals surface area (Å²) in [4.78, 5) is 0. The Bertz CT molecular complexity index is 602. The molecule has 0 saturated heterocycles. The molecule has 1 atom stereocenters. The molecule has 0 spiro atoms. The van der Waals surface area contributed by atoms with E-state index in [1.165, 1.54) is 18.2 Å². The van der Waals surface area contributed by atoms with E-state index < -0.39 is 11.6 Å². The van der Waals surface area contributed by atoms with Crippen molar-refractivity contribution in [2.45, 2.75) is 13.0 Å². The molecule has 19 heavy (non-hydrogen) atoms. The van der Waals surface area contributed by atoms with E-state index in [0.29, 0.717) is 5.69 Å². The van der Waals surface area contributed by atoms with Crippen molar-refractivity contribution in [2.75, 3.05) is 5.32 Å². The average molecular weight is 302 g/mol. The number of hydrogen-bond donors (Lipinski definition) is 1. The molecule has 0 radical (unpaired) electrons. The Morgan fingerprint density at radius 2 is 1.53 bits per heavy atom. The van der Waals surface area contributed by atoms with Crippen molar-refractivity contribution in [3.8, 4) is 0 Å². The van der Waals surface area contributed by atoms with E-state index in [4.69, 9.17) is 23.2 Å². The van der Waals surface area contributed by atoms with Crippen LogP contribution < -0.4 is 5.32 Å². The molecule has 5 heteroatoms. The van der Waals surface area contributed by atoms with Gasteiger partial charge in [-0.3, -0.25) is 0 Å². The maximum atomic E-state index is 13.1. The highest BCUT2D eigenvalue weighted by atomic mass is 35.5. The Kier molecular flexibility index (Phi) is 4.27. The first-order valence-electron chi connectivity index (χ1n) is 5.64. The van der Waals surface area contributed by atoms with Crippen molar-refractivity contribution in [1.82, 2.24) is 0 Å². The lowest BCUT2D eigenvalue weighted by Gasteiger charge is -2.16. The molecule has 0 fully saturated rings. The monoisotopic (exact) mass is 301 g/mol. The highest BCUT2D eigenvalue weighted by molar-refractivity contribution is 6.31. The number of anilines is 1. The zero-order valence-corrected chi connectivity index (χ0v) is 11.6. The summed E-state index contributed by atoms with van der Waals surface area (Å²) in [5.74, 6) is -0.924. The fourth-order valence-electron chi connectivity index (χ4n) is 1.70. The fourth-order valence-corrected chi connectivity index (χ4v) is 2.07. The molecular formula is C14H11Cl2F2N. The fraction of sp³-hybridized carbons (Fsp3) is 0.143. The van der Waals surface area contributed by atoms with Gasteiger partial charge in [-0.15, -0.1) is 0 Å². The van der Waals surface area contributed by atoms with Crippen LogP contribution in [0.2, 0.25) is 10.0 Å². The molecule has 0 aliphatic rings. The number of halogens is 4. The molecule has 0 aromatic heterocycles. The van der Waals surface area contributed by atoms with Gasteiger partial charge in [0.05, 0.1) is 10.0 Å². The Morgan fingerprint density at radius 1 is 0.947 bits per heavy atom. The lowest BCUT2D eigenvalue weighted by atomic mass is 10.1. The smallest absolute Gasteiger partial charge is 0.141 e. The van der Waals surface area contributed by atoms with Gasteiger partial charge in [-0.2, -0.15) is 0 Å². The summed E-state index contributed by atoms with van der Waals surface area (Å²) in [6, 6.07) is 8.77. The summed E-state index contributed by atoms with van der Waals surface area (Å²) in [6.45, 7) is 1.89. The van der Waals surface area contributed by atoms with Gasteiger partial charge in [0.2, 0.25) is 0 Å². The van der Waals surface area contributed by atoms with Crippen LogP contribution in [0, 0.1) is 11.6 Å². The van der Waals surface area contributed by atoms with Crippen molar-refractivity contribution in [3.63, 3.8) is 0 Å². The maximum absolute atomic E-state index is 13.1. The first-order chi connectivity index (χ1) is 8.97. The summed E-state index contributed by atoms with van der Waals surface area (Å²) in [7, 11) is 0. The maximum Gasteiger partial charge on any atom is 0.141 e. The summed E-state index contributed by atoms with van der Waals surface area (Å²) < 4.78 is 26.1. The SMILES string of the molecule is CC(Nc1ccc(F)c(Cl)c1)c1ccc(F)c(Cl)c1. The first-order valence-corrected chi connectivity index (χ1v) is 6.39. The molecule has 2 aromatic carbocycles. The molecule has 1 nitrogen and oxygen atoms in total. The zero-order chi connectivity index (χ0) is 14.0. The van der Waals surface area contributed by atoms with Gasteiger partial charge >= 0.3 is 0 Å². The second kappa shape index (κ2) is 5.76. The molecule has 0 saturated carbocycles. The van der Waals surface area contributed by atoms with Crippen molar-refractivity contribution >= 4 is 28.9 Å². The molecule has 0 heterocycles. The number of benzene rings is 2. The lowest BCUT2D eigenvalue weighted by molar-refractivity contribution is 0.626. The van der Waals surface area contributed by atoms with Crippen LogP contribution in [0.15, 0.2) is 36.4 Å². The van der Waals surface area contributed by atoms with E-state index in [1.807, 2.05) is 6.92 Å². The number of hydrogen-bond acceptors (Lipinski definition) is 1. The standard InChI is InChI=1S/C14H11Cl2F2N/c1-8(9-2-4-13(17)11(15)6-9)19-10-3-5-14(18)12(16)7-10/h2-8,19H,1H3. The van der Waals surface area contributed by atoms with Crippen LogP contribution in [0.25, 0.3) is 0 Å². The quantitative estimate of drug-likeness (QED) is 0.795. The zero-order valence-electron chi connectivity index (χ0n) is 10.1. The minimum Gasteiger partial charge on any atom is -0.378 e. The molecule has 2 rings (SSSR count). The third kappa shape index (κ3) is 3.37. The van der Waals surface area contributed by atoms with Gasteiger partial charge in [0.1, 0.15) is 11.6 Å². The molecule has 0 aliphatic heterocycles. The minimum absolute atomic E-state index is 0.0503. The van der Waals surface area contributed by atoms with Crippen LogP contribution in [0.1, 0.15) is 18.5 Å². The van der Waals surface area contributed by atoms with E-state index >= 15 is 0 Å². The Morgan fingerprint density at radius 3 is 2.11 bits per heavy atom. The summed E-state index contributed by atoms with van der Waals surface area (Å²) >= 11 is 11.4. The van der Waals surface area contributed by atoms with Crippen molar-refractivity contribution in [2.24, 2.45) is 0 Å². The van der Waals surface area contributed by atoms with Crippen LogP contribution in [0.4, 0.5) is 14.5 Å². The first kappa shape index (κ1) is 14.1. The van der Waals surface area contributed by atoms with Crippen molar-refractivity contribution in [1.29, 1.82) is 0 Å². The van der Waals surface area contributed by atoms with E-state index in [9.17, 15) is 8.78 Å². The van der Waals surface area contributed by atoms with Crippen molar-refractivity contribution in [3.05, 3.63) is 63.6 Å². The Balaban J connectivity index is 2.17. The lowest BCUT2D eigenvalue weighted by Crippen LogP contribution is -2.06. The highest BCUT2D eigenvalue weighted by Crippen LogP contribution is 2.26. The third-order valence-electron chi connectivity index (χ3n) is 2.75. The number of rotatable bonds is 3. The molecule has 0 bridgehead atoms. The summed E-state index contributed by atoms with van der Waals surface area (Å²) in [5, 5.41) is 3.26. The third-order valence-corrected chi connectivity index (χ3v) is 3.33. The van der Waals surface area contributed by atoms with Crippen LogP contribution in [0.5, 0.6) is 0 Å². The second-order valence-electron chi connectivity index (χ2n) is 4.17. The van der Waals surface area contributed by atoms with E-state index in [0.717, 1.165) is 5.56 Å². The Labute approximate surface area is 120 Å². The van der Waals surface area contributed by atoms with Crippen molar-refractivity contribution < 1.29 is 8.78 Å². The molecule has 0 amide bonds. The van der Waals surface area contributed by atoms with Crippen LogP contribution >= 0.6 is 23.2 Å². The second-order valence-corrected chi connectivity index (χ2v) is 4.98. The van der Waals surface area contributed by atoms with Crippen LogP contribution in [-0.2, 0) is 0 Å². The average Bonchev–Trinajstić information content (AvgIpc) is 2.37. The van der Waals surface area contributed by atoms with Gasteiger partial charge in [0.15, 0.2) is 0 Å². The van der Waals surface area contributed by atoms with Crippen LogP contribution in [0.3, 0.4) is 0 Å². The minimum atomic E-state index is -0.468. The van der Waals surface area contributed by atoms with Gasteiger partial charge in [-0.05, 0) is 42.8 Å². The van der Waals surface area contributed by atoms with Gasteiger partial charge in [0, 0.05) is 11.7 Å². The molecule has 1 N–H and O–H groups in total. The predicted octanol–water partition coefficient (Wildman–Crippen LogP) is 5.44. The van der Waals surface area contributed by atoms with Gasteiger partial charge in [0.25, 0.3) is 0 Å². The topological polar surface area (TPSA) is 12.0 Å². The molecule has 0 aliphatic carbocycles. The van der Waals surface area contributed by atoms with Gasteiger partial charge in [-0.25, -0.2) is 8.78 Å². The van der Waals surface area contributed by atoms with Gasteiger partial charge in [-0.1, -0.05) is 29.3 Å². The molecule has 1 unspecified atom stereocenters. The van der Waals surface area contributed by atoms with E-state index in [1.54, 1.807) is 18.2 Å². The summed E-state index contributed by atoms with van der Waals surface area (Å²) in [5.41, 5.74) is 1.51. The normalized spacial score (nSPS) is 12.3. The molecule has 100 valence electrons. The summed E-state index contributed by atoms with van der Waals surface area (Å²) in [6.07, 6.45) is 0. The largest absolute Gasteiger partial charge is 0.378 e. The molecule has 2 aromatic rings. The van der Waals surface area contributed by atoms with Crippen LogP contribution in [-0.4, -0.2) is 0 Å². The highest BCUT2D eigenvalue weighted by Gasteiger charge is 2.09. The van der Waals surface area contributed by atoms with E-state index in [-0.39, 0.29) is 16.1 Å².